The molecule has 1 aromatic carbocycles. The van der Waals surface area contributed by atoms with Crippen molar-refractivity contribution in [1.82, 2.24) is 15.1 Å². The molecule has 0 aliphatic carbocycles. The number of anilines is 2. The summed E-state index contributed by atoms with van der Waals surface area (Å²) in [6.45, 7) is 7.11. The molecule has 7 heteroatoms. The molecule has 1 aromatic rings. The zero-order valence-electron chi connectivity index (χ0n) is 14.7. The lowest BCUT2D eigenvalue weighted by Gasteiger charge is -2.32. The highest BCUT2D eigenvalue weighted by Crippen LogP contribution is 2.19. The number of benzene rings is 1. The van der Waals surface area contributed by atoms with E-state index in [-0.39, 0.29) is 5.91 Å². The van der Waals surface area contributed by atoms with Gasteiger partial charge >= 0.3 is 0 Å². The van der Waals surface area contributed by atoms with Crippen LogP contribution in [-0.4, -0.2) is 82.3 Å². The molecule has 0 unspecified atom stereocenters. The van der Waals surface area contributed by atoms with E-state index in [9.17, 15) is 4.79 Å². The summed E-state index contributed by atoms with van der Waals surface area (Å²) in [5.41, 5.74) is 7.80. The Balaban J connectivity index is 1.88. The molecule has 7 nitrogen and oxygen atoms in total. The Labute approximate surface area is 144 Å². The first-order valence-corrected chi connectivity index (χ1v) is 8.41. The summed E-state index contributed by atoms with van der Waals surface area (Å²) in [5, 5.41) is 6.20. The number of carbonyl (C=O) groups excluding carboxylic acids is 1. The van der Waals surface area contributed by atoms with Crippen LogP contribution in [0.1, 0.15) is 10.4 Å². The minimum atomic E-state index is -0.138. The third-order valence-electron chi connectivity index (χ3n) is 4.22. The molecule has 1 aliphatic heterocycles. The summed E-state index contributed by atoms with van der Waals surface area (Å²) >= 11 is 0. The maximum Gasteiger partial charge on any atom is 0.253 e. The average Bonchev–Trinajstić information content (AvgIpc) is 2.58. The molecule has 1 saturated heterocycles. The zero-order valence-corrected chi connectivity index (χ0v) is 14.7. The monoisotopic (exact) mass is 335 g/mol. The van der Waals surface area contributed by atoms with Crippen LogP contribution in [0.3, 0.4) is 0 Å². The highest BCUT2D eigenvalue weighted by molar-refractivity contribution is 6.00. The third kappa shape index (κ3) is 5.67. The summed E-state index contributed by atoms with van der Waals surface area (Å²) in [4.78, 5) is 17.1. The maximum atomic E-state index is 12.3. The number of hydrogen-bond donors (Lipinski definition) is 3. The van der Waals surface area contributed by atoms with Crippen LogP contribution in [0.2, 0.25) is 0 Å². The molecule has 4 N–H and O–H groups in total. The van der Waals surface area contributed by atoms with Gasteiger partial charge in [-0.15, -0.1) is 0 Å². The average molecular weight is 335 g/mol. The molecule has 24 heavy (non-hydrogen) atoms. The predicted molar refractivity (Wildman–Crippen MR) is 97.5 cm³/mol. The van der Waals surface area contributed by atoms with Gasteiger partial charge in [0.2, 0.25) is 0 Å². The van der Waals surface area contributed by atoms with Gasteiger partial charge in [-0.05, 0) is 25.2 Å². The predicted octanol–water partition coefficient (Wildman–Crippen LogP) is 0.304. The summed E-state index contributed by atoms with van der Waals surface area (Å²) < 4.78 is 4.96. The maximum absolute atomic E-state index is 12.3. The Bertz CT molecular complexity index is 530. The van der Waals surface area contributed by atoms with Crippen molar-refractivity contribution >= 4 is 17.3 Å². The van der Waals surface area contributed by atoms with Gasteiger partial charge in [0.1, 0.15) is 0 Å². The normalized spacial score (nSPS) is 16.1. The van der Waals surface area contributed by atoms with E-state index in [1.54, 1.807) is 13.2 Å². The van der Waals surface area contributed by atoms with Crippen LogP contribution in [0.5, 0.6) is 0 Å². The van der Waals surface area contributed by atoms with Gasteiger partial charge in [0.25, 0.3) is 5.91 Å². The Hall–Kier alpha value is -1.83. The number of amides is 1. The van der Waals surface area contributed by atoms with Crippen molar-refractivity contribution in [3.8, 4) is 0 Å². The quantitative estimate of drug-likeness (QED) is 0.468. The van der Waals surface area contributed by atoms with Crippen LogP contribution in [-0.2, 0) is 4.74 Å². The molecule has 134 valence electrons. The van der Waals surface area contributed by atoms with Gasteiger partial charge in [-0.25, -0.2) is 0 Å². The van der Waals surface area contributed by atoms with Crippen molar-refractivity contribution in [3.63, 3.8) is 0 Å². The van der Waals surface area contributed by atoms with Crippen LogP contribution in [0, 0.1) is 0 Å². The van der Waals surface area contributed by atoms with Gasteiger partial charge in [0.05, 0.1) is 12.2 Å². The number of nitrogens with zero attached hydrogens (tertiary/aromatic N) is 2. The number of nitrogens with one attached hydrogen (secondary N) is 2. The molecule has 0 saturated carbocycles. The smallest absolute Gasteiger partial charge is 0.253 e. The van der Waals surface area contributed by atoms with Gasteiger partial charge in [-0.3, -0.25) is 9.69 Å². The van der Waals surface area contributed by atoms with E-state index in [0.717, 1.165) is 45.0 Å². The number of methoxy groups -OCH3 is 1. The van der Waals surface area contributed by atoms with Gasteiger partial charge in [-0.2, -0.15) is 0 Å². The summed E-state index contributed by atoms with van der Waals surface area (Å²) in [5.74, 6) is -0.138. The van der Waals surface area contributed by atoms with Crippen molar-refractivity contribution in [1.29, 1.82) is 0 Å². The second kappa shape index (κ2) is 9.46. The van der Waals surface area contributed by atoms with E-state index in [2.05, 4.69) is 27.5 Å². The Morgan fingerprint density at radius 3 is 2.71 bits per heavy atom. The zero-order chi connectivity index (χ0) is 17.4. The van der Waals surface area contributed by atoms with Crippen LogP contribution >= 0.6 is 0 Å². The lowest BCUT2D eigenvalue weighted by atomic mass is 10.1. The Morgan fingerprint density at radius 2 is 2.00 bits per heavy atom. The van der Waals surface area contributed by atoms with Crippen LogP contribution < -0.4 is 16.4 Å². The lowest BCUT2D eigenvalue weighted by Crippen LogP contribution is -2.45. The summed E-state index contributed by atoms with van der Waals surface area (Å²) in [6.07, 6.45) is 0. The molecule has 1 fully saturated rings. The van der Waals surface area contributed by atoms with Gasteiger partial charge in [-0.1, -0.05) is 0 Å². The first kappa shape index (κ1) is 18.5. The second-order valence-electron chi connectivity index (χ2n) is 6.13. The Kier molecular flexibility index (Phi) is 7.30. The standard InChI is InChI=1S/C17H29N5O2/c1-21-8-10-22(11-9-21)7-5-19-16-4-3-14(18)13-15(16)17(23)20-6-12-24-2/h3-4,13,19H,5-12,18H2,1-2H3,(H,20,23). The van der Waals surface area contributed by atoms with E-state index >= 15 is 0 Å². The van der Waals surface area contributed by atoms with Crippen molar-refractivity contribution in [3.05, 3.63) is 23.8 Å². The molecule has 0 spiro atoms. The number of piperazine rings is 1. The number of nitrogen functional groups attached to an aromatic ring is 1. The fourth-order valence-electron chi connectivity index (χ4n) is 2.69. The van der Waals surface area contributed by atoms with Crippen molar-refractivity contribution in [2.24, 2.45) is 0 Å². The van der Waals surface area contributed by atoms with Crippen LogP contribution in [0.25, 0.3) is 0 Å². The molecule has 2 rings (SSSR count). The SMILES string of the molecule is COCCNC(=O)c1cc(N)ccc1NCCN1CCN(C)CC1. The van der Waals surface area contributed by atoms with E-state index < -0.39 is 0 Å². The Morgan fingerprint density at radius 1 is 1.25 bits per heavy atom. The number of ether oxygens (including phenoxy) is 1. The number of carbonyl (C=O) groups is 1. The van der Waals surface area contributed by atoms with E-state index in [4.69, 9.17) is 10.5 Å². The number of rotatable bonds is 8. The second-order valence-corrected chi connectivity index (χ2v) is 6.13. The molecular formula is C17H29N5O2. The van der Waals surface area contributed by atoms with Crippen molar-refractivity contribution < 1.29 is 9.53 Å². The lowest BCUT2D eigenvalue weighted by molar-refractivity contribution is 0.0938. The van der Waals surface area contributed by atoms with E-state index in [1.807, 2.05) is 12.1 Å². The molecule has 0 bridgehead atoms. The summed E-state index contributed by atoms with van der Waals surface area (Å²) in [6, 6.07) is 5.38. The molecule has 0 aromatic heterocycles. The minimum Gasteiger partial charge on any atom is -0.399 e. The van der Waals surface area contributed by atoms with E-state index in [1.165, 1.54) is 0 Å². The molecule has 1 aliphatic rings. The highest BCUT2D eigenvalue weighted by atomic mass is 16.5. The van der Waals surface area contributed by atoms with Crippen LogP contribution in [0.4, 0.5) is 11.4 Å². The van der Waals surface area contributed by atoms with Crippen molar-refractivity contribution in [2.45, 2.75) is 0 Å². The fraction of sp³-hybridized carbons (Fsp3) is 0.588. The highest BCUT2D eigenvalue weighted by Gasteiger charge is 2.14. The minimum absolute atomic E-state index is 0.138. The molecule has 0 radical (unpaired) electrons. The largest absolute Gasteiger partial charge is 0.399 e. The van der Waals surface area contributed by atoms with E-state index in [0.29, 0.717) is 24.4 Å². The van der Waals surface area contributed by atoms with Gasteiger partial charge in [0, 0.05) is 64.3 Å². The first-order valence-electron chi connectivity index (χ1n) is 8.41. The van der Waals surface area contributed by atoms with Gasteiger partial charge in [0.15, 0.2) is 0 Å². The number of nitrogens with two attached hydrogens (primary N) is 1. The van der Waals surface area contributed by atoms with Gasteiger partial charge < -0.3 is 26.0 Å². The third-order valence-corrected chi connectivity index (χ3v) is 4.22. The summed E-state index contributed by atoms with van der Waals surface area (Å²) in [7, 11) is 3.76. The molecular weight excluding hydrogens is 306 g/mol. The molecule has 1 amide bonds. The van der Waals surface area contributed by atoms with Crippen LogP contribution in [0.15, 0.2) is 18.2 Å². The van der Waals surface area contributed by atoms with Crippen molar-refractivity contribution in [2.75, 3.05) is 77.6 Å². The topological polar surface area (TPSA) is 82.9 Å². The fourth-order valence-corrected chi connectivity index (χ4v) is 2.69. The molecule has 1 heterocycles. The first-order chi connectivity index (χ1) is 11.6. The number of likely N-dealkylation sites (N-methyl/N-ethyl adjacent to an activating group) is 1. The number of hydrogen-bond acceptors (Lipinski definition) is 6. The molecule has 0 atom stereocenters.